The molecule has 0 amide bonds. The lowest BCUT2D eigenvalue weighted by atomic mass is 10.1. The van der Waals surface area contributed by atoms with Gasteiger partial charge in [0, 0.05) is 0 Å². The molecule has 0 atom stereocenters. The van der Waals surface area contributed by atoms with Gasteiger partial charge in [0.25, 0.3) is 0 Å². The van der Waals surface area contributed by atoms with E-state index in [-0.39, 0.29) is 0 Å². The first-order chi connectivity index (χ1) is 6.58. The number of fused-ring (bicyclic) bond motifs is 1. The highest BCUT2D eigenvalue weighted by Gasteiger charge is 2.12. The zero-order valence-electron chi connectivity index (χ0n) is 6.88. The third-order valence-electron chi connectivity index (χ3n) is 1.94. The van der Waals surface area contributed by atoms with Gasteiger partial charge in [-0.1, -0.05) is 23.2 Å². The van der Waals surface area contributed by atoms with Crippen LogP contribution in [0, 0.1) is 0 Å². The molecule has 0 radical (unpaired) electrons. The quantitative estimate of drug-likeness (QED) is 0.611. The van der Waals surface area contributed by atoms with Crippen molar-refractivity contribution in [3.8, 4) is 0 Å². The number of carbonyl (C=O) groups excluding carboxylic acids is 2. The van der Waals surface area contributed by atoms with Gasteiger partial charge in [0.05, 0.1) is 10.0 Å². The molecule has 70 valence electrons. The topological polar surface area (TPSA) is 34.1 Å². The first-order valence-corrected chi connectivity index (χ1v) is 4.60. The Kier molecular flexibility index (Phi) is 2.17. The second kappa shape index (κ2) is 3.23. The summed E-state index contributed by atoms with van der Waals surface area (Å²) in [5.74, 6) is -1.06. The van der Waals surface area contributed by atoms with Crippen LogP contribution in [0.3, 0.4) is 0 Å². The molecule has 1 aliphatic rings. The maximum atomic E-state index is 11.0. The van der Waals surface area contributed by atoms with Gasteiger partial charge in [-0.2, -0.15) is 0 Å². The number of halogens is 2. The molecule has 0 unspecified atom stereocenters. The van der Waals surface area contributed by atoms with Gasteiger partial charge < -0.3 is 0 Å². The maximum Gasteiger partial charge on any atom is 0.226 e. The van der Waals surface area contributed by atoms with E-state index in [9.17, 15) is 9.59 Å². The summed E-state index contributed by atoms with van der Waals surface area (Å²) in [6, 6.07) is 3.14. The second-order valence-corrected chi connectivity index (χ2v) is 3.73. The van der Waals surface area contributed by atoms with Crippen molar-refractivity contribution in [2.24, 2.45) is 0 Å². The summed E-state index contributed by atoms with van der Waals surface area (Å²) in [6.07, 6.45) is 2.53. The summed E-state index contributed by atoms with van der Waals surface area (Å²) in [6.45, 7) is 0. The third kappa shape index (κ3) is 1.47. The molecule has 0 saturated heterocycles. The molecule has 0 heterocycles. The molecule has 0 aliphatic heterocycles. The number of ketones is 2. The van der Waals surface area contributed by atoms with Gasteiger partial charge in [-0.25, -0.2) is 0 Å². The van der Waals surface area contributed by atoms with Gasteiger partial charge >= 0.3 is 0 Å². The Morgan fingerprint density at radius 1 is 0.786 bits per heavy atom. The normalized spacial score (nSPS) is 14.4. The molecule has 1 aliphatic carbocycles. The van der Waals surface area contributed by atoms with E-state index in [1.807, 2.05) is 0 Å². The number of hydrogen-bond acceptors (Lipinski definition) is 2. The van der Waals surface area contributed by atoms with Crippen LogP contribution in [-0.4, -0.2) is 11.6 Å². The van der Waals surface area contributed by atoms with Gasteiger partial charge in [0.15, 0.2) is 0 Å². The van der Waals surface area contributed by atoms with Crippen LogP contribution in [0.15, 0.2) is 12.1 Å². The van der Waals surface area contributed by atoms with E-state index in [1.165, 1.54) is 12.2 Å². The average Bonchev–Trinajstić information content (AvgIpc) is 2.11. The lowest BCUT2D eigenvalue weighted by molar-refractivity contribution is -0.129. The predicted molar refractivity (Wildman–Crippen MR) is 54.7 cm³/mol. The largest absolute Gasteiger partial charge is 0.286 e. The number of carbonyl (C=O) groups is 2. The molecule has 0 aromatic heterocycles. The Morgan fingerprint density at radius 3 is 1.50 bits per heavy atom. The molecule has 1 aromatic rings. The van der Waals surface area contributed by atoms with Crippen molar-refractivity contribution >= 4 is 46.9 Å². The number of Topliss-reactive ketones (excluding diaryl/α,β-unsaturated/α-hetero) is 2. The Balaban J connectivity index is 2.87. The molecule has 0 fully saturated rings. The van der Waals surface area contributed by atoms with Crippen molar-refractivity contribution in [1.29, 1.82) is 0 Å². The first kappa shape index (κ1) is 9.44. The van der Waals surface area contributed by atoms with E-state index in [2.05, 4.69) is 0 Å². The number of rotatable bonds is 0. The summed E-state index contributed by atoms with van der Waals surface area (Å²) in [4.78, 5) is 22.1. The van der Waals surface area contributed by atoms with Crippen LogP contribution >= 0.6 is 23.2 Å². The van der Waals surface area contributed by atoms with Crippen molar-refractivity contribution in [2.75, 3.05) is 0 Å². The molecule has 14 heavy (non-hydrogen) atoms. The molecule has 0 saturated carbocycles. The van der Waals surface area contributed by atoms with Gasteiger partial charge in [-0.15, -0.1) is 0 Å². The van der Waals surface area contributed by atoms with Crippen molar-refractivity contribution < 1.29 is 9.59 Å². The van der Waals surface area contributed by atoms with Crippen LogP contribution in [0.25, 0.3) is 12.2 Å². The van der Waals surface area contributed by atoms with E-state index in [4.69, 9.17) is 23.2 Å². The fourth-order valence-corrected chi connectivity index (χ4v) is 1.60. The smallest absolute Gasteiger partial charge is 0.226 e. The van der Waals surface area contributed by atoms with Crippen LogP contribution in [0.4, 0.5) is 0 Å². The molecule has 4 heteroatoms. The fraction of sp³-hybridized carbons (Fsp3) is 0. The van der Waals surface area contributed by atoms with E-state index < -0.39 is 11.6 Å². The number of hydrogen-bond donors (Lipinski definition) is 0. The molecule has 0 spiro atoms. The monoisotopic (exact) mass is 226 g/mol. The third-order valence-corrected chi connectivity index (χ3v) is 2.66. The minimum Gasteiger partial charge on any atom is -0.286 e. The molecule has 0 N–H and O–H groups in total. The Morgan fingerprint density at radius 2 is 1.14 bits per heavy atom. The zero-order chi connectivity index (χ0) is 10.3. The highest BCUT2D eigenvalue weighted by molar-refractivity contribution is 6.57. The molecule has 0 bridgehead atoms. The zero-order valence-corrected chi connectivity index (χ0v) is 8.39. The van der Waals surface area contributed by atoms with E-state index in [1.54, 1.807) is 12.1 Å². The minimum atomic E-state index is -0.532. The van der Waals surface area contributed by atoms with Crippen LogP contribution in [0.1, 0.15) is 0 Å². The van der Waals surface area contributed by atoms with Crippen LogP contribution < -0.4 is 10.4 Å². The molecule has 2 nitrogen and oxygen atoms in total. The molecular formula is C10H4Cl2O2. The number of benzene rings is 1. The van der Waals surface area contributed by atoms with Gasteiger partial charge in [0.2, 0.25) is 11.6 Å². The summed E-state index contributed by atoms with van der Waals surface area (Å²) in [5.41, 5.74) is 0. The Hall–Kier alpha value is -1.12. The fourth-order valence-electron chi connectivity index (χ4n) is 1.25. The van der Waals surface area contributed by atoms with E-state index >= 15 is 0 Å². The maximum absolute atomic E-state index is 11.0. The summed E-state index contributed by atoms with van der Waals surface area (Å²) < 4.78 is 0. The Bertz CT molecular complexity index is 507. The molecule has 1 aromatic carbocycles. The highest BCUT2D eigenvalue weighted by atomic mass is 35.5. The van der Waals surface area contributed by atoms with E-state index in [0.29, 0.717) is 20.5 Å². The van der Waals surface area contributed by atoms with Crippen LogP contribution in [0.5, 0.6) is 0 Å². The Labute approximate surface area is 89.4 Å². The van der Waals surface area contributed by atoms with Crippen LogP contribution in [0.2, 0.25) is 10.0 Å². The molecule has 2 rings (SSSR count). The summed E-state index contributed by atoms with van der Waals surface area (Å²) in [5, 5.41) is 2.00. The summed E-state index contributed by atoms with van der Waals surface area (Å²) >= 11 is 11.5. The summed E-state index contributed by atoms with van der Waals surface area (Å²) in [7, 11) is 0. The first-order valence-electron chi connectivity index (χ1n) is 3.85. The van der Waals surface area contributed by atoms with Crippen molar-refractivity contribution in [3.63, 3.8) is 0 Å². The second-order valence-electron chi connectivity index (χ2n) is 2.91. The standard InChI is InChI=1S/C10H4Cl2O2/c11-7-1-5-3-9(13)10(14)4-6(5)2-8(7)12/h1-4H. The van der Waals surface area contributed by atoms with Crippen molar-refractivity contribution in [2.45, 2.75) is 0 Å². The molecular weight excluding hydrogens is 223 g/mol. The highest BCUT2D eigenvalue weighted by Crippen LogP contribution is 2.16. The van der Waals surface area contributed by atoms with Gasteiger partial charge in [-0.3, -0.25) is 9.59 Å². The van der Waals surface area contributed by atoms with Crippen molar-refractivity contribution in [3.05, 3.63) is 32.6 Å². The minimum absolute atomic E-state index is 0.372. The SMILES string of the molecule is O=C1C=c2cc(Cl)c(Cl)cc2=CC1=O. The van der Waals surface area contributed by atoms with E-state index in [0.717, 1.165) is 0 Å². The lowest BCUT2D eigenvalue weighted by Gasteiger charge is -2.00. The lowest BCUT2D eigenvalue weighted by Crippen LogP contribution is -2.33. The van der Waals surface area contributed by atoms with Gasteiger partial charge in [0.1, 0.15) is 0 Å². The average molecular weight is 227 g/mol. The predicted octanol–water partition coefficient (Wildman–Crippen LogP) is 0.706. The van der Waals surface area contributed by atoms with Crippen LogP contribution in [-0.2, 0) is 9.59 Å². The van der Waals surface area contributed by atoms with Crippen molar-refractivity contribution in [1.82, 2.24) is 0 Å². The van der Waals surface area contributed by atoms with Gasteiger partial charge in [-0.05, 0) is 34.7 Å².